The van der Waals surface area contributed by atoms with E-state index in [0.29, 0.717) is 36.7 Å². The van der Waals surface area contributed by atoms with Gasteiger partial charge < -0.3 is 20.5 Å². The van der Waals surface area contributed by atoms with Crippen LogP contribution in [0.3, 0.4) is 0 Å². The SMILES string of the molecule is CC(=O)c1c(C2CCCN(C(=O)O)C2)cc(-c2ccccc2OCc2ccccc2)nc1N. The average molecular weight is 446 g/mol. The third-order valence-corrected chi connectivity index (χ3v) is 5.96. The lowest BCUT2D eigenvalue weighted by Crippen LogP contribution is -2.38. The third-order valence-electron chi connectivity index (χ3n) is 5.96. The molecule has 7 heteroatoms. The van der Waals surface area contributed by atoms with Gasteiger partial charge >= 0.3 is 6.09 Å². The molecule has 0 spiro atoms. The number of pyridine rings is 1. The van der Waals surface area contributed by atoms with Crippen molar-refractivity contribution in [2.45, 2.75) is 32.3 Å². The molecule has 3 aromatic rings. The maximum atomic E-state index is 12.4. The van der Waals surface area contributed by atoms with E-state index in [1.54, 1.807) is 0 Å². The molecule has 0 aliphatic carbocycles. The maximum Gasteiger partial charge on any atom is 0.407 e. The fourth-order valence-corrected chi connectivity index (χ4v) is 4.37. The predicted octanol–water partition coefficient (Wildman–Crippen LogP) is 4.97. The van der Waals surface area contributed by atoms with Gasteiger partial charge in [-0.25, -0.2) is 9.78 Å². The van der Waals surface area contributed by atoms with Gasteiger partial charge in [-0.2, -0.15) is 0 Å². The number of hydrogen-bond acceptors (Lipinski definition) is 5. The van der Waals surface area contributed by atoms with Crippen molar-refractivity contribution in [2.75, 3.05) is 18.8 Å². The number of carbonyl (C=O) groups is 2. The van der Waals surface area contributed by atoms with Gasteiger partial charge in [0.2, 0.25) is 0 Å². The molecule has 2 aromatic carbocycles. The van der Waals surface area contributed by atoms with Gasteiger partial charge in [-0.3, -0.25) is 4.79 Å². The molecule has 1 atom stereocenters. The number of ether oxygens (including phenoxy) is 1. The van der Waals surface area contributed by atoms with Crippen LogP contribution in [0.25, 0.3) is 11.3 Å². The Morgan fingerprint density at radius 3 is 2.61 bits per heavy atom. The van der Waals surface area contributed by atoms with E-state index in [1.165, 1.54) is 11.8 Å². The lowest BCUT2D eigenvalue weighted by Gasteiger charge is -2.32. The van der Waals surface area contributed by atoms with Crippen LogP contribution in [0.5, 0.6) is 5.75 Å². The van der Waals surface area contributed by atoms with Crippen molar-refractivity contribution in [3.8, 4) is 17.0 Å². The van der Waals surface area contributed by atoms with Gasteiger partial charge in [0.1, 0.15) is 18.2 Å². The molecule has 1 aliphatic heterocycles. The van der Waals surface area contributed by atoms with Crippen molar-refractivity contribution >= 4 is 17.7 Å². The lowest BCUT2D eigenvalue weighted by molar-refractivity contribution is 0.101. The number of carboxylic acid groups (broad SMARTS) is 1. The summed E-state index contributed by atoms with van der Waals surface area (Å²) in [4.78, 5) is 29.9. The summed E-state index contributed by atoms with van der Waals surface area (Å²) < 4.78 is 6.10. The first-order chi connectivity index (χ1) is 15.9. The van der Waals surface area contributed by atoms with Crippen molar-refractivity contribution in [1.29, 1.82) is 0 Å². The van der Waals surface area contributed by atoms with E-state index >= 15 is 0 Å². The largest absolute Gasteiger partial charge is 0.488 e. The van der Waals surface area contributed by atoms with E-state index < -0.39 is 6.09 Å². The second-order valence-electron chi connectivity index (χ2n) is 8.25. The zero-order valence-corrected chi connectivity index (χ0v) is 18.5. The van der Waals surface area contributed by atoms with Crippen molar-refractivity contribution < 1.29 is 19.4 Å². The minimum absolute atomic E-state index is 0.129. The number of anilines is 1. The molecule has 33 heavy (non-hydrogen) atoms. The number of amides is 1. The molecular weight excluding hydrogens is 418 g/mol. The Morgan fingerprint density at radius 2 is 1.88 bits per heavy atom. The van der Waals surface area contributed by atoms with Gasteiger partial charge in [0.15, 0.2) is 5.78 Å². The minimum atomic E-state index is -0.953. The number of para-hydroxylation sites is 1. The summed E-state index contributed by atoms with van der Waals surface area (Å²) in [6.07, 6.45) is 0.549. The molecular formula is C26H27N3O4. The second-order valence-corrected chi connectivity index (χ2v) is 8.25. The van der Waals surface area contributed by atoms with Crippen LogP contribution in [0.2, 0.25) is 0 Å². The van der Waals surface area contributed by atoms with E-state index in [2.05, 4.69) is 4.98 Å². The summed E-state index contributed by atoms with van der Waals surface area (Å²) >= 11 is 0. The topological polar surface area (TPSA) is 106 Å². The quantitative estimate of drug-likeness (QED) is 0.519. The van der Waals surface area contributed by atoms with Gasteiger partial charge in [0, 0.05) is 24.6 Å². The first-order valence-electron chi connectivity index (χ1n) is 11.0. The summed E-state index contributed by atoms with van der Waals surface area (Å²) in [6.45, 7) is 2.68. The summed E-state index contributed by atoms with van der Waals surface area (Å²) in [5.74, 6) is 0.503. The monoisotopic (exact) mass is 445 g/mol. The molecule has 0 bridgehead atoms. The second kappa shape index (κ2) is 9.73. The van der Waals surface area contributed by atoms with Crippen LogP contribution >= 0.6 is 0 Å². The molecule has 1 unspecified atom stereocenters. The van der Waals surface area contributed by atoms with Crippen LogP contribution in [0.1, 0.15) is 47.2 Å². The number of aromatic nitrogens is 1. The van der Waals surface area contributed by atoms with Gasteiger partial charge in [-0.1, -0.05) is 42.5 Å². The molecule has 1 aliphatic rings. The molecule has 1 fully saturated rings. The standard InChI is InChI=1S/C26H27N3O4/c1-17(30)24-21(19-10-7-13-29(15-19)26(31)32)14-22(28-25(24)27)20-11-5-6-12-23(20)33-16-18-8-3-2-4-9-18/h2-6,8-9,11-12,14,19H,7,10,13,15-16H2,1H3,(H2,27,28)(H,31,32). The fraction of sp³-hybridized carbons (Fsp3) is 0.269. The Kier molecular flexibility index (Phi) is 6.58. The number of benzene rings is 2. The number of nitrogens with two attached hydrogens (primary N) is 1. The number of nitrogen functional groups attached to an aromatic ring is 1. The third kappa shape index (κ3) is 4.98. The van der Waals surface area contributed by atoms with Crippen LogP contribution in [-0.4, -0.2) is 40.0 Å². The summed E-state index contributed by atoms with van der Waals surface area (Å²) in [5.41, 5.74) is 9.80. The summed E-state index contributed by atoms with van der Waals surface area (Å²) in [7, 11) is 0. The zero-order valence-electron chi connectivity index (χ0n) is 18.5. The highest BCUT2D eigenvalue weighted by molar-refractivity contribution is 6.00. The minimum Gasteiger partial charge on any atom is -0.488 e. The van der Waals surface area contributed by atoms with Crippen LogP contribution in [-0.2, 0) is 6.61 Å². The molecule has 170 valence electrons. The van der Waals surface area contributed by atoms with Crippen LogP contribution in [0.4, 0.5) is 10.6 Å². The Bertz CT molecular complexity index is 1160. The number of carbonyl (C=O) groups excluding carboxylic acids is 1. The number of rotatable bonds is 6. The Balaban J connectivity index is 1.72. The van der Waals surface area contributed by atoms with Gasteiger partial charge in [0.05, 0.1) is 11.3 Å². The lowest BCUT2D eigenvalue weighted by atomic mass is 9.86. The molecule has 4 rings (SSSR count). The Labute approximate surface area is 192 Å². The Morgan fingerprint density at radius 1 is 1.15 bits per heavy atom. The molecule has 0 saturated carbocycles. The van der Waals surface area contributed by atoms with Crippen molar-refractivity contribution in [3.05, 3.63) is 77.4 Å². The van der Waals surface area contributed by atoms with E-state index in [4.69, 9.17) is 10.5 Å². The molecule has 7 nitrogen and oxygen atoms in total. The number of piperidine rings is 1. The molecule has 1 aromatic heterocycles. The number of nitrogens with zero attached hydrogens (tertiary/aromatic N) is 2. The van der Waals surface area contributed by atoms with Crippen LogP contribution in [0.15, 0.2) is 60.7 Å². The molecule has 3 N–H and O–H groups in total. The summed E-state index contributed by atoms with van der Waals surface area (Å²) in [5, 5.41) is 9.46. The molecule has 1 amide bonds. The highest BCUT2D eigenvalue weighted by atomic mass is 16.5. The van der Waals surface area contributed by atoms with Crippen molar-refractivity contribution in [2.24, 2.45) is 0 Å². The predicted molar refractivity (Wildman–Crippen MR) is 126 cm³/mol. The van der Waals surface area contributed by atoms with E-state index in [9.17, 15) is 14.7 Å². The number of likely N-dealkylation sites (tertiary alicyclic amines) is 1. The summed E-state index contributed by atoms with van der Waals surface area (Å²) in [6, 6.07) is 19.3. The average Bonchev–Trinajstić information content (AvgIpc) is 2.83. The highest BCUT2D eigenvalue weighted by Gasteiger charge is 2.29. The molecule has 1 saturated heterocycles. The maximum absolute atomic E-state index is 12.4. The Hall–Kier alpha value is -3.87. The zero-order chi connectivity index (χ0) is 23.4. The van der Waals surface area contributed by atoms with Gasteiger partial charge in [-0.05, 0) is 49.1 Å². The van der Waals surface area contributed by atoms with E-state index in [1.807, 2.05) is 60.7 Å². The molecule has 2 heterocycles. The smallest absolute Gasteiger partial charge is 0.407 e. The van der Waals surface area contributed by atoms with Crippen LogP contribution < -0.4 is 10.5 Å². The van der Waals surface area contributed by atoms with Crippen molar-refractivity contribution in [3.63, 3.8) is 0 Å². The number of Topliss-reactive ketones (excluding diaryl/α,β-unsaturated/α-hetero) is 1. The number of ketones is 1. The first kappa shape index (κ1) is 22.3. The first-order valence-corrected chi connectivity index (χ1v) is 11.0. The van der Waals surface area contributed by atoms with Crippen molar-refractivity contribution in [1.82, 2.24) is 9.88 Å². The van der Waals surface area contributed by atoms with Gasteiger partial charge in [-0.15, -0.1) is 0 Å². The van der Waals surface area contributed by atoms with E-state index in [-0.39, 0.29) is 17.5 Å². The highest BCUT2D eigenvalue weighted by Crippen LogP contribution is 2.37. The number of hydrogen-bond donors (Lipinski definition) is 2. The van der Waals surface area contributed by atoms with E-state index in [0.717, 1.165) is 29.5 Å². The van der Waals surface area contributed by atoms with Crippen LogP contribution in [0, 0.1) is 0 Å². The fourth-order valence-electron chi connectivity index (χ4n) is 4.37. The molecule has 0 radical (unpaired) electrons. The van der Waals surface area contributed by atoms with Gasteiger partial charge in [0.25, 0.3) is 0 Å². The normalized spacial score (nSPS) is 15.8.